The molecule has 1 rings (SSSR count). The number of ether oxygens (including phenoxy) is 1. The summed E-state index contributed by atoms with van der Waals surface area (Å²) in [5.41, 5.74) is 1.78. The fraction of sp³-hybridized carbons (Fsp3) is 0.636. The number of amides is 1. The zero-order valence-corrected chi connectivity index (χ0v) is 11.0. The molecule has 0 aliphatic rings. The number of rotatable bonds is 8. The zero-order valence-electron chi connectivity index (χ0n) is 10.2. The Labute approximate surface area is 106 Å². The summed E-state index contributed by atoms with van der Waals surface area (Å²) in [6.45, 7) is 3.85. The summed E-state index contributed by atoms with van der Waals surface area (Å²) in [7, 11) is 1.65. The van der Waals surface area contributed by atoms with Crippen LogP contribution in [0.1, 0.15) is 18.2 Å². The van der Waals surface area contributed by atoms with Crippen molar-refractivity contribution in [2.75, 3.05) is 20.3 Å². The Morgan fingerprint density at radius 1 is 1.65 bits per heavy atom. The maximum atomic E-state index is 11.6. The molecule has 0 aromatic carbocycles. The number of carbonyl (C=O) groups is 1. The van der Waals surface area contributed by atoms with Crippen molar-refractivity contribution in [2.24, 2.45) is 0 Å². The van der Waals surface area contributed by atoms with E-state index < -0.39 is 0 Å². The van der Waals surface area contributed by atoms with Crippen LogP contribution in [0.5, 0.6) is 0 Å². The Morgan fingerprint density at radius 3 is 3.12 bits per heavy atom. The van der Waals surface area contributed by atoms with Crippen LogP contribution in [0.25, 0.3) is 0 Å². The van der Waals surface area contributed by atoms with Gasteiger partial charge < -0.3 is 15.4 Å². The van der Waals surface area contributed by atoms with Gasteiger partial charge in [0, 0.05) is 37.9 Å². The standard InChI is InChI=1S/C11H19N3O2S/c1-9(11(15)13-4-3-5-16-2)14-7-10-6-12-8-17-10/h6,8-9,14H,3-5,7H2,1-2H3,(H,13,15). The Hall–Kier alpha value is -0.980. The van der Waals surface area contributed by atoms with E-state index in [1.165, 1.54) is 0 Å². The molecule has 1 atom stereocenters. The minimum atomic E-state index is -0.195. The lowest BCUT2D eigenvalue weighted by atomic mass is 10.3. The Bertz CT molecular complexity index is 317. The number of hydrogen-bond donors (Lipinski definition) is 2. The van der Waals surface area contributed by atoms with Crippen LogP contribution < -0.4 is 10.6 Å². The molecule has 0 fully saturated rings. The van der Waals surface area contributed by atoms with Crippen molar-refractivity contribution in [1.29, 1.82) is 0 Å². The van der Waals surface area contributed by atoms with E-state index in [1.54, 1.807) is 30.2 Å². The molecule has 0 bridgehead atoms. The number of aromatic nitrogens is 1. The second-order valence-electron chi connectivity index (χ2n) is 3.71. The van der Waals surface area contributed by atoms with E-state index >= 15 is 0 Å². The van der Waals surface area contributed by atoms with Crippen molar-refractivity contribution in [3.63, 3.8) is 0 Å². The van der Waals surface area contributed by atoms with E-state index in [1.807, 2.05) is 6.92 Å². The third-order valence-corrected chi connectivity index (χ3v) is 3.06. The minimum absolute atomic E-state index is 0.0191. The van der Waals surface area contributed by atoms with Gasteiger partial charge >= 0.3 is 0 Å². The van der Waals surface area contributed by atoms with Gasteiger partial charge in [0.15, 0.2) is 0 Å². The lowest BCUT2D eigenvalue weighted by molar-refractivity contribution is -0.122. The fourth-order valence-corrected chi connectivity index (χ4v) is 1.80. The highest BCUT2D eigenvalue weighted by molar-refractivity contribution is 7.09. The van der Waals surface area contributed by atoms with E-state index in [-0.39, 0.29) is 11.9 Å². The average molecular weight is 257 g/mol. The van der Waals surface area contributed by atoms with Crippen LogP contribution >= 0.6 is 11.3 Å². The first-order chi connectivity index (χ1) is 8.24. The van der Waals surface area contributed by atoms with E-state index in [0.717, 1.165) is 11.3 Å². The molecule has 0 aliphatic carbocycles. The number of thiazole rings is 1. The molecule has 5 nitrogen and oxygen atoms in total. The van der Waals surface area contributed by atoms with E-state index in [0.29, 0.717) is 19.7 Å². The molecular formula is C11H19N3O2S. The van der Waals surface area contributed by atoms with E-state index in [9.17, 15) is 4.79 Å². The SMILES string of the molecule is COCCCNC(=O)C(C)NCc1cncs1. The second-order valence-corrected chi connectivity index (χ2v) is 4.68. The highest BCUT2D eigenvalue weighted by atomic mass is 32.1. The average Bonchev–Trinajstić information content (AvgIpc) is 2.84. The first kappa shape index (κ1) is 14.1. The number of nitrogens with zero attached hydrogens (tertiary/aromatic N) is 1. The van der Waals surface area contributed by atoms with Crippen molar-refractivity contribution in [3.8, 4) is 0 Å². The van der Waals surface area contributed by atoms with Crippen LogP contribution in [0.3, 0.4) is 0 Å². The maximum Gasteiger partial charge on any atom is 0.236 e. The molecule has 1 aromatic rings. The van der Waals surface area contributed by atoms with Crippen LogP contribution in [0, 0.1) is 0 Å². The van der Waals surface area contributed by atoms with Gasteiger partial charge in [0.1, 0.15) is 0 Å². The Morgan fingerprint density at radius 2 is 2.47 bits per heavy atom. The molecule has 96 valence electrons. The fourth-order valence-electron chi connectivity index (χ4n) is 1.26. The molecule has 17 heavy (non-hydrogen) atoms. The molecule has 0 radical (unpaired) electrons. The Balaban J connectivity index is 2.13. The third kappa shape index (κ3) is 5.76. The van der Waals surface area contributed by atoms with Crippen molar-refractivity contribution in [1.82, 2.24) is 15.6 Å². The van der Waals surface area contributed by atoms with Gasteiger partial charge in [-0.05, 0) is 13.3 Å². The molecule has 0 saturated carbocycles. The smallest absolute Gasteiger partial charge is 0.236 e. The van der Waals surface area contributed by atoms with Crippen LogP contribution in [0.2, 0.25) is 0 Å². The lowest BCUT2D eigenvalue weighted by Gasteiger charge is -2.13. The van der Waals surface area contributed by atoms with Gasteiger partial charge in [-0.1, -0.05) is 0 Å². The van der Waals surface area contributed by atoms with Crippen molar-refractivity contribution in [3.05, 3.63) is 16.6 Å². The number of hydrogen-bond acceptors (Lipinski definition) is 5. The summed E-state index contributed by atoms with van der Waals surface area (Å²) in [6, 6.07) is -0.195. The molecule has 1 amide bonds. The molecule has 0 saturated heterocycles. The molecule has 2 N–H and O–H groups in total. The van der Waals surface area contributed by atoms with Gasteiger partial charge in [-0.3, -0.25) is 9.78 Å². The van der Waals surface area contributed by atoms with Gasteiger partial charge in [0.05, 0.1) is 11.6 Å². The van der Waals surface area contributed by atoms with Crippen molar-refractivity contribution in [2.45, 2.75) is 25.9 Å². The predicted molar refractivity (Wildman–Crippen MR) is 67.9 cm³/mol. The topological polar surface area (TPSA) is 63.2 Å². The first-order valence-corrected chi connectivity index (χ1v) is 6.49. The first-order valence-electron chi connectivity index (χ1n) is 5.61. The minimum Gasteiger partial charge on any atom is -0.385 e. The molecule has 0 aliphatic heterocycles. The summed E-state index contributed by atoms with van der Waals surface area (Å²) in [4.78, 5) is 16.7. The maximum absolute atomic E-state index is 11.6. The second kappa shape index (κ2) is 8.16. The molecule has 6 heteroatoms. The Kier molecular flexibility index (Phi) is 6.76. The number of nitrogens with one attached hydrogen (secondary N) is 2. The predicted octanol–water partition coefficient (Wildman–Crippen LogP) is 0.774. The normalized spacial score (nSPS) is 12.4. The van der Waals surface area contributed by atoms with Crippen LogP contribution in [-0.4, -0.2) is 37.2 Å². The summed E-state index contributed by atoms with van der Waals surface area (Å²) < 4.78 is 4.91. The molecule has 0 spiro atoms. The van der Waals surface area contributed by atoms with Crippen LogP contribution in [-0.2, 0) is 16.1 Å². The molecular weight excluding hydrogens is 238 g/mol. The van der Waals surface area contributed by atoms with Crippen LogP contribution in [0.15, 0.2) is 11.7 Å². The van der Waals surface area contributed by atoms with Crippen LogP contribution in [0.4, 0.5) is 0 Å². The van der Waals surface area contributed by atoms with Crippen molar-refractivity contribution >= 4 is 17.2 Å². The third-order valence-electron chi connectivity index (χ3n) is 2.28. The highest BCUT2D eigenvalue weighted by Crippen LogP contribution is 2.04. The summed E-state index contributed by atoms with van der Waals surface area (Å²) in [5.74, 6) is 0.0191. The van der Waals surface area contributed by atoms with Gasteiger partial charge in [0.2, 0.25) is 5.91 Å². The van der Waals surface area contributed by atoms with Gasteiger partial charge in [-0.15, -0.1) is 11.3 Å². The van der Waals surface area contributed by atoms with Gasteiger partial charge in [-0.25, -0.2) is 0 Å². The van der Waals surface area contributed by atoms with E-state index in [2.05, 4.69) is 15.6 Å². The van der Waals surface area contributed by atoms with Crippen molar-refractivity contribution < 1.29 is 9.53 Å². The summed E-state index contributed by atoms with van der Waals surface area (Å²) in [6.07, 6.45) is 2.64. The zero-order chi connectivity index (χ0) is 12.5. The molecule has 1 heterocycles. The molecule has 1 unspecified atom stereocenters. The van der Waals surface area contributed by atoms with E-state index in [4.69, 9.17) is 4.74 Å². The number of methoxy groups -OCH3 is 1. The number of carbonyl (C=O) groups excluding carboxylic acids is 1. The quantitative estimate of drug-likeness (QED) is 0.675. The highest BCUT2D eigenvalue weighted by Gasteiger charge is 2.11. The summed E-state index contributed by atoms with van der Waals surface area (Å²) >= 11 is 1.58. The monoisotopic (exact) mass is 257 g/mol. The van der Waals surface area contributed by atoms with Gasteiger partial charge in [-0.2, -0.15) is 0 Å². The summed E-state index contributed by atoms with van der Waals surface area (Å²) in [5, 5.41) is 6.01. The lowest BCUT2D eigenvalue weighted by Crippen LogP contribution is -2.42. The molecule has 1 aromatic heterocycles. The largest absolute Gasteiger partial charge is 0.385 e. The van der Waals surface area contributed by atoms with Gasteiger partial charge in [0.25, 0.3) is 0 Å².